The number of rotatable bonds is 7. The zero-order valence-electron chi connectivity index (χ0n) is 19.4. The molecule has 6 nitrogen and oxygen atoms in total. The monoisotopic (exact) mass is 545 g/mol. The Balaban J connectivity index is 1.28. The number of anilines is 1. The van der Waals surface area contributed by atoms with Crippen LogP contribution in [0.25, 0.3) is 16.9 Å². The fourth-order valence-corrected chi connectivity index (χ4v) is 4.61. The molecule has 0 bridgehead atoms. The topological polar surface area (TPSA) is 71.3 Å². The van der Waals surface area contributed by atoms with E-state index in [2.05, 4.69) is 20.7 Å². The van der Waals surface area contributed by atoms with Crippen molar-refractivity contribution in [1.82, 2.24) is 19.9 Å². The molecule has 5 aromatic rings. The molecular weight excluding hydrogens is 528 g/mol. The van der Waals surface area contributed by atoms with Crippen molar-refractivity contribution in [1.29, 1.82) is 0 Å². The first-order valence-corrected chi connectivity index (χ1v) is 12.5. The van der Waals surface area contributed by atoms with Crippen LogP contribution in [-0.2, 0) is 13.1 Å². The maximum absolute atomic E-state index is 12.4. The fourth-order valence-electron chi connectivity index (χ4n) is 3.85. The van der Waals surface area contributed by atoms with E-state index in [0.717, 1.165) is 22.5 Å². The molecule has 2 N–H and O–H groups in total. The fraction of sp³-hybridized carbons (Fsp3) is 0.0741. The van der Waals surface area contributed by atoms with Crippen LogP contribution in [0.2, 0.25) is 15.1 Å². The molecule has 3 aromatic carbocycles. The third-order valence-corrected chi connectivity index (χ3v) is 6.49. The highest BCUT2D eigenvalue weighted by atomic mass is 35.5. The summed E-state index contributed by atoms with van der Waals surface area (Å²) in [4.78, 5) is 17.1. The number of carbonyl (C=O) groups is 1. The molecule has 0 aliphatic heterocycles. The molecule has 182 valence electrons. The van der Waals surface area contributed by atoms with Gasteiger partial charge in [-0.05, 0) is 40.9 Å². The second kappa shape index (κ2) is 10.8. The largest absolute Gasteiger partial charge is 0.366 e. The molecule has 10 heteroatoms. The van der Waals surface area contributed by atoms with Gasteiger partial charge in [0.25, 0.3) is 5.91 Å². The maximum Gasteiger partial charge on any atom is 0.251 e. The number of halogens is 3. The third-order valence-electron chi connectivity index (χ3n) is 5.72. The highest BCUT2D eigenvalue weighted by Gasteiger charge is 2.13. The Labute approximate surface area is 230 Å². The van der Waals surface area contributed by atoms with Crippen LogP contribution < -0.4 is 16.1 Å². The van der Waals surface area contributed by atoms with E-state index in [-0.39, 0.29) is 5.91 Å². The summed E-state index contributed by atoms with van der Waals surface area (Å²) >= 11 is 18.4. The Kier molecular flexibility index (Phi) is 7.37. The predicted octanol–water partition coefficient (Wildman–Crippen LogP) is 5.69. The molecule has 0 aliphatic carbocycles. The van der Waals surface area contributed by atoms with Gasteiger partial charge in [-0.2, -0.15) is 9.61 Å². The number of benzene rings is 3. The van der Waals surface area contributed by atoms with Crippen molar-refractivity contribution in [3.63, 3.8) is 0 Å². The van der Waals surface area contributed by atoms with Gasteiger partial charge in [-0.15, -0.1) is 0 Å². The minimum absolute atomic E-state index is 0.246. The van der Waals surface area contributed by atoms with E-state index in [4.69, 9.17) is 42.6 Å². The number of nitrogens with one attached hydrogen (secondary N) is 2. The third kappa shape index (κ3) is 5.75. The molecular formula is C27H19BCl3N5O. The van der Waals surface area contributed by atoms with Crippen LogP contribution in [0.5, 0.6) is 0 Å². The van der Waals surface area contributed by atoms with Crippen molar-refractivity contribution in [2.75, 3.05) is 5.32 Å². The molecule has 0 spiro atoms. The molecule has 0 saturated carbocycles. The lowest BCUT2D eigenvalue weighted by Gasteiger charge is -2.12. The van der Waals surface area contributed by atoms with Crippen molar-refractivity contribution in [3.05, 3.63) is 111 Å². The van der Waals surface area contributed by atoms with Crippen molar-refractivity contribution in [2.45, 2.75) is 13.1 Å². The number of hydrogen-bond acceptors (Lipinski definition) is 4. The minimum atomic E-state index is -0.246. The van der Waals surface area contributed by atoms with E-state index >= 15 is 0 Å². The maximum atomic E-state index is 12.4. The van der Waals surface area contributed by atoms with Crippen molar-refractivity contribution >= 4 is 65.5 Å². The standard InChI is InChI=1S/C27H19BCl3N5O/c28-22-15-34-36-25(12-24(35-26(22)36)21-3-1-2-4-23(21)31)32-13-16-5-7-17(8-6-16)14-33-27(37)18-9-19(29)11-20(30)10-18/h1-12,15,32H,13-14H2,(H,33,37). The van der Waals surface area contributed by atoms with Gasteiger partial charge in [-0.25, -0.2) is 4.98 Å². The number of hydrogen-bond donors (Lipinski definition) is 2. The van der Waals surface area contributed by atoms with Crippen LogP contribution in [0.3, 0.4) is 0 Å². The molecule has 0 fully saturated rings. The summed E-state index contributed by atoms with van der Waals surface area (Å²) in [6, 6.07) is 22.1. The molecule has 2 aromatic heterocycles. The predicted molar refractivity (Wildman–Crippen MR) is 150 cm³/mol. The molecule has 0 unspecified atom stereocenters. The van der Waals surface area contributed by atoms with E-state index in [0.29, 0.717) is 50.5 Å². The highest BCUT2D eigenvalue weighted by molar-refractivity contribution is 6.36. The first kappa shape index (κ1) is 25.1. The van der Waals surface area contributed by atoms with E-state index in [1.165, 1.54) is 0 Å². The summed E-state index contributed by atoms with van der Waals surface area (Å²) in [6.07, 6.45) is 1.57. The van der Waals surface area contributed by atoms with Crippen LogP contribution in [0.1, 0.15) is 21.5 Å². The Morgan fingerprint density at radius 3 is 2.27 bits per heavy atom. The van der Waals surface area contributed by atoms with Gasteiger partial charge in [0.1, 0.15) is 13.7 Å². The van der Waals surface area contributed by atoms with Crippen LogP contribution in [0, 0.1) is 0 Å². The number of carbonyl (C=O) groups excluding carboxylic acids is 1. The molecule has 2 heterocycles. The van der Waals surface area contributed by atoms with Gasteiger partial charge in [0, 0.05) is 51.5 Å². The molecule has 1 amide bonds. The minimum Gasteiger partial charge on any atom is -0.366 e. The van der Waals surface area contributed by atoms with Gasteiger partial charge in [0.15, 0.2) is 5.65 Å². The quantitative estimate of drug-likeness (QED) is 0.257. The lowest BCUT2D eigenvalue weighted by Crippen LogP contribution is -2.22. The summed E-state index contributed by atoms with van der Waals surface area (Å²) in [7, 11) is 6.11. The van der Waals surface area contributed by atoms with Gasteiger partial charge < -0.3 is 10.6 Å². The second-order valence-electron chi connectivity index (χ2n) is 8.35. The normalized spacial score (nSPS) is 11.0. The van der Waals surface area contributed by atoms with Crippen LogP contribution in [0.4, 0.5) is 5.82 Å². The van der Waals surface area contributed by atoms with Gasteiger partial charge in [0.2, 0.25) is 0 Å². The van der Waals surface area contributed by atoms with Gasteiger partial charge >= 0.3 is 0 Å². The smallest absolute Gasteiger partial charge is 0.251 e. The number of fused-ring (bicyclic) bond motifs is 1. The Morgan fingerprint density at radius 2 is 1.57 bits per heavy atom. The van der Waals surface area contributed by atoms with Gasteiger partial charge in [-0.3, -0.25) is 4.79 Å². The second-order valence-corrected chi connectivity index (χ2v) is 9.63. The summed E-state index contributed by atoms with van der Waals surface area (Å²) in [5, 5.41) is 12.1. The Hall–Kier alpha value is -3.52. The van der Waals surface area contributed by atoms with Crippen LogP contribution >= 0.6 is 34.8 Å². The molecule has 0 aliphatic rings. The van der Waals surface area contributed by atoms with E-state index in [1.54, 1.807) is 28.9 Å². The molecule has 0 atom stereocenters. The number of aromatic nitrogens is 3. The molecule has 2 radical (unpaired) electrons. The van der Waals surface area contributed by atoms with Crippen LogP contribution in [0.15, 0.2) is 79.0 Å². The molecule has 5 rings (SSSR count). The first-order chi connectivity index (χ1) is 17.9. The Bertz CT molecular complexity index is 1580. The summed E-state index contributed by atoms with van der Waals surface area (Å²) in [5.74, 6) is 0.484. The summed E-state index contributed by atoms with van der Waals surface area (Å²) in [6.45, 7) is 0.907. The van der Waals surface area contributed by atoms with Gasteiger partial charge in [-0.1, -0.05) is 77.3 Å². The average molecular weight is 547 g/mol. The Morgan fingerprint density at radius 1 is 0.892 bits per heavy atom. The zero-order chi connectivity index (χ0) is 25.9. The lowest BCUT2D eigenvalue weighted by atomic mass is 10.0. The van der Waals surface area contributed by atoms with Crippen LogP contribution in [-0.4, -0.2) is 28.4 Å². The summed E-state index contributed by atoms with van der Waals surface area (Å²) in [5.41, 5.74) is 4.94. The van der Waals surface area contributed by atoms with Crippen molar-refractivity contribution in [2.24, 2.45) is 0 Å². The molecule has 0 saturated heterocycles. The first-order valence-electron chi connectivity index (χ1n) is 11.3. The van der Waals surface area contributed by atoms with E-state index in [9.17, 15) is 4.79 Å². The average Bonchev–Trinajstić information content (AvgIpc) is 3.26. The SMILES string of the molecule is [B]c1cnn2c(NCc3ccc(CNC(=O)c4cc(Cl)cc(Cl)c4)cc3)cc(-c3ccccc3Cl)nc12. The van der Waals surface area contributed by atoms with Crippen molar-refractivity contribution in [3.8, 4) is 11.3 Å². The number of nitrogens with zero attached hydrogens (tertiary/aromatic N) is 3. The zero-order valence-corrected chi connectivity index (χ0v) is 21.6. The lowest BCUT2D eigenvalue weighted by molar-refractivity contribution is 0.0951. The van der Waals surface area contributed by atoms with Crippen molar-refractivity contribution < 1.29 is 4.79 Å². The number of amides is 1. The van der Waals surface area contributed by atoms with E-state index < -0.39 is 0 Å². The highest BCUT2D eigenvalue weighted by Crippen LogP contribution is 2.28. The summed E-state index contributed by atoms with van der Waals surface area (Å²) < 4.78 is 1.67. The molecule has 37 heavy (non-hydrogen) atoms. The van der Waals surface area contributed by atoms with E-state index in [1.807, 2.05) is 54.6 Å². The van der Waals surface area contributed by atoms with Gasteiger partial charge in [0.05, 0.1) is 5.69 Å².